The summed E-state index contributed by atoms with van der Waals surface area (Å²) in [6.45, 7) is 6.67. The molecule has 0 aromatic heterocycles. The van der Waals surface area contributed by atoms with Crippen LogP contribution < -0.4 is 5.32 Å². The largest absolute Gasteiger partial charge is 0.508 e. The number of hydrogen-bond donors (Lipinski definition) is 2. The second-order valence-corrected chi connectivity index (χ2v) is 13.1. The Morgan fingerprint density at radius 2 is 1.75 bits per heavy atom. The van der Waals surface area contributed by atoms with E-state index in [4.69, 9.17) is 4.74 Å². The minimum Gasteiger partial charge on any atom is -0.508 e. The third-order valence-corrected chi connectivity index (χ3v) is 11.0. The van der Waals surface area contributed by atoms with Crippen LogP contribution in [0.15, 0.2) is 24.3 Å². The van der Waals surface area contributed by atoms with E-state index in [-0.39, 0.29) is 33.8 Å². The number of fused-ring (bicyclic) bond motifs is 3. The number of esters is 1. The van der Waals surface area contributed by atoms with E-state index in [0.29, 0.717) is 18.1 Å². The van der Waals surface area contributed by atoms with Crippen LogP contribution in [0.4, 0.5) is 0 Å². The fourth-order valence-corrected chi connectivity index (χ4v) is 9.30. The molecule has 0 heterocycles. The number of methoxy groups -OCH3 is 1. The Labute approximate surface area is 214 Å². The van der Waals surface area contributed by atoms with Crippen LogP contribution in [0.1, 0.15) is 84.1 Å². The highest BCUT2D eigenvalue weighted by molar-refractivity contribution is 5.89. The number of Topliss-reactive ketones (excluding diaryl/α,β-unsaturated/α-hetero) is 1. The quantitative estimate of drug-likeness (QED) is 0.563. The van der Waals surface area contributed by atoms with Gasteiger partial charge in [0.15, 0.2) is 0 Å². The van der Waals surface area contributed by atoms with E-state index in [1.807, 2.05) is 0 Å². The number of phenols is 1. The summed E-state index contributed by atoms with van der Waals surface area (Å²) in [7, 11) is 1.35. The number of carbonyl (C=O) groups is 3. The van der Waals surface area contributed by atoms with E-state index in [1.54, 1.807) is 24.3 Å². The van der Waals surface area contributed by atoms with Crippen molar-refractivity contribution in [2.24, 2.45) is 33.5 Å². The van der Waals surface area contributed by atoms with Gasteiger partial charge in [-0.05, 0) is 85.3 Å². The zero-order valence-corrected chi connectivity index (χ0v) is 22.2. The average molecular weight is 496 g/mol. The summed E-state index contributed by atoms with van der Waals surface area (Å²) in [5.74, 6) is 0.793. The van der Waals surface area contributed by atoms with Gasteiger partial charge in [-0.15, -0.1) is 0 Å². The first-order chi connectivity index (χ1) is 17.0. The number of nitrogens with one attached hydrogen (secondary N) is 1. The fraction of sp³-hybridized carbons (Fsp3) is 0.700. The summed E-state index contributed by atoms with van der Waals surface area (Å²) in [5, 5.41) is 12.7. The van der Waals surface area contributed by atoms with E-state index in [9.17, 15) is 19.5 Å². The van der Waals surface area contributed by atoms with Crippen molar-refractivity contribution in [1.29, 1.82) is 0 Å². The molecular weight excluding hydrogens is 454 g/mol. The Morgan fingerprint density at radius 3 is 2.44 bits per heavy atom. The molecule has 2 N–H and O–H groups in total. The Hall–Kier alpha value is -2.37. The number of phenolic OH excluding ortho intramolecular Hbond substituents is 1. The molecule has 7 atom stereocenters. The molecule has 4 aliphatic carbocycles. The Kier molecular flexibility index (Phi) is 6.04. The highest BCUT2D eigenvalue weighted by Gasteiger charge is 2.68. The summed E-state index contributed by atoms with van der Waals surface area (Å²) in [6, 6.07) is 5.91. The highest BCUT2D eigenvalue weighted by Crippen LogP contribution is 2.72. The van der Waals surface area contributed by atoms with Crippen LogP contribution in [0.5, 0.6) is 5.75 Å². The van der Waals surface area contributed by atoms with Crippen molar-refractivity contribution in [1.82, 2.24) is 5.32 Å². The molecule has 6 heteroatoms. The third kappa shape index (κ3) is 3.78. The number of rotatable bonds is 5. The molecule has 6 nitrogen and oxygen atoms in total. The Bertz CT molecular complexity index is 1070. The van der Waals surface area contributed by atoms with Gasteiger partial charge in [-0.1, -0.05) is 39.3 Å². The molecule has 1 spiro atoms. The lowest BCUT2D eigenvalue weighted by atomic mass is 9.40. The first-order valence-electron chi connectivity index (χ1n) is 13.7. The van der Waals surface area contributed by atoms with Crippen LogP contribution in [-0.2, 0) is 25.5 Å². The smallest absolute Gasteiger partial charge is 0.328 e. The second-order valence-electron chi connectivity index (χ2n) is 13.1. The second kappa shape index (κ2) is 8.59. The van der Waals surface area contributed by atoms with Gasteiger partial charge < -0.3 is 15.2 Å². The van der Waals surface area contributed by atoms with Crippen LogP contribution >= 0.6 is 0 Å². The van der Waals surface area contributed by atoms with Crippen molar-refractivity contribution >= 4 is 17.7 Å². The van der Waals surface area contributed by atoms with Gasteiger partial charge in [0.1, 0.15) is 17.6 Å². The first kappa shape index (κ1) is 25.3. The summed E-state index contributed by atoms with van der Waals surface area (Å²) < 4.78 is 5.04. The van der Waals surface area contributed by atoms with Crippen LogP contribution in [0, 0.1) is 33.5 Å². The maximum atomic E-state index is 14.0. The lowest BCUT2D eigenvalue weighted by molar-refractivity contribution is -0.171. The molecule has 4 saturated carbocycles. The predicted molar refractivity (Wildman–Crippen MR) is 136 cm³/mol. The van der Waals surface area contributed by atoms with Crippen LogP contribution in [0.2, 0.25) is 0 Å². The number of benzene rings is 1. The van der Waals surface area contributed by atoms with Crippen molar-refractivity contribution in [3.05, 3.63) is 29.8 Å². The van der Waals surface area contributed by atoms with Gasteiger partial charge in [0.2, 0.25) is 5.91 Å². The number of hydrogen-bond acceptors (Lipinski definition) is 5. The lowest BCUT2D eigenvalue weighted by Crippen LogP contribution is -2.61. The minimum absolute atomic E-state index is 0.0201. The van der Waals surface area contributed by atoms with Crippen molar-refractivity contribution in [3.63, 3.8) is 0 Å². The van der Waals surface area contributed by atoms with Gasteiger partial charge in [-0.2, -0.15) is 0 Å². The molecule has 1 aromatic carbocycles. The molecule has 0 aliphatic heterocycles. The Balaban J connectivity index is 1.39. The standard InChI is InChI=1S/C30H41NO5/c1-27-14-10-23-28(2)12-5-13-29(3,22(28)11-15-30(23,18-27)17-24(27)33)26(35)31-21(25(34)36-4)16-19-6-8-20(32)9-7-19/h6-9,21-23,32H,5,10-18H2,1-4H3,(H,31,35)/t21-,22-,23-,27-,28+,29+,30-/m0/s1. The van der Waals surface area contributed by atoms with Crippen molar-refractivity contribution in [2.75, 3.05) is 7.11 Å². The molecule has 0 radical (unpaired) electrons. The van der Waals surface area contributed by atoms with Gasteiger partial charge in [0.05, 0.1) is 7.11 Å². The number of amides is 1. The normalized spacial score (nSPS) is 40.1. The highest BCUT2D eigenvalue weighted by atomic mass is 16.5. The molecule has 1 aromatic rings. The zero-order valence-electron chi connectivity index (χ0n) is 22.2. The number of aromatic hydroxyl groups is 1. The molecule has 0 saturated heterocycles. The third-order valence-electron chi connectivity index (χ3n) is 11.0. The number of carbonyl (C=O) groups excluding carboxylic acids is 3. The van der Waals surface area contributed by atoms with Gasteiger partial charge in [0, 0.05) is 23.7 Å². The summed E-state index contributed by atoms with van der Waals surface area (Å²) in [4.78, 5) is 39.7. The molecule has 196 valence electrons. The molecule has 2 bridgehead atoms. The van der Waals surface area contributed by atoms with Crippen molar-refractivity contribution < 1.29 is 24.2 Å². The summed E-state index contributed by atoms with van der Waals surface area (Å²) in [5.41, 5.74) is 0.262. The molecule has 0 unspecified atom stereocenters. The van der Waals surface area contributed by atoms with E-state index >= 15 is 0 Å². The maximum Gasteiger partial charge on any atom is 0.328 e. The summed E-state index contributed by atoms with van der Waals surface area (Å²) in [6.07, 6.45) is 8.98. The molecule has 36 heavy (non-hydrogen) atoms. The minimum atomic E-state index is -0.783. The van der Waals surface area contributed by atoms with Crippen molar-refractivity contribution in [2.45, 2.75) is 91.0 Å². The van der Waals surface area contributed by atoms with E-state index < -0.39 is 17.4 Å². The number of ketones is 1. The van der Waals surface area contributed by atoms with Crippen LogP contribution in [0.25, 0.3) is 0 Å². The van der Waals surface area contributed by atoms with E-state index in [0.717, 1.165) is 63.4 Å². The van der Waals surface area contributed by atoms with Gasteiger partial charge in [-0.3, -0.25) is 9.59 Å². The van der Waals surface area contributed by atoms with Crippen LogP contribution in [-0.4, -0.2) is 35.9 Å². The lowest BCUT2D eigenvalue weighted by Gasteiger charge is -2.64. The molecule has 4 fully saturated rings. The Morgan fingerprint density at radius 1 is 1.06 bits per heavy atom. The van der Waals surface area contributed by atoms with E-state index in [2.05, 4.69) is 26.1 Å². The van der Waals surface area contributed by atoms with E-state index in [1.165, 1.54) is 7.11 Å². The topological polar surface area (TPSA) is 92.7 Å². The molecule has 4 aliphatic rings. The average Bonchev–Trinajstić information content (AvgIpc) is 3.02. The maximum absolute atomic E-state index is 14.0. The molecular formula is C30H41NO5. The van der Waals surface area contributed by atoms with Crippen molar-refractivity contribution in [3.8, 4) is 5.75 Å². The SMILES string of the molecule is COC(=O)[C@H](Cc1ccc(O)cc1)NC(=O)[C@]1(C)CCC[C@@]2(C)[C@@H]3CC[C@@]4(C)C[C@]3(CC[C@@H]21)CC4=O. The predicted octanol–water partition coefficient (Wildman–Crippen LogP) is 4.96. The summed E-state index contributed by atoms with van der Waals surface area (Å²) >= 11 is 0. The zero-order chi connectivity index (χ0) is 25.9. The monoisotopic (exact) mass is 495 g/mol. The first-order valence-corrected chi connectivity index (χ1v) is 13.7. The van der Waals surface area contributed by atoms with Gasteiger partial charge in [-0.25, -0.2) is 4.79 Å². The van der Waals surface area contributed by atoms with Crippen LogP contribution in [0.3, 0.4) is 0 Å². The number of ether oxygens (including phenoxy) is 1. The fourth-order valence-electron chi connectivity index (χ4n) is 9.30. The van der Waals surface area contributed by atoms with Gasteiger partial charge >= 0.3 is 5.97 Å². The molecule has 1 amide bonds. The van der Waals surface area contributed by atoms with Gasteiger partial charge in [0.25, 0.3) is 0 Å². The molecule has 5 rings (SSSR count).